The van der Waals surface area contributed by atoms with Crippen molar-refractivity contribution in [3.05, 3.63) is 48.6 Å². The van der Waals surface area contributed by atoms with Crippen LogP contribution < -0.4 is 24.8 Å². The largest absolute Gasteiger partial charge is 4.00 e. The summed E-state index contributed by atoms with van der Waals surface area (Å²) in [6, 6.07) is 0. The minimum atomic E-state index is 0. The van der Waals surface area contributed by atoms with E-state index in [4.69, 9.17) is 5.11 Å². The van der Waals surface area contributed by atoms with Crippen molar-refractivity contribution in [2.24, 2.45) is 0 Å². The zero-order valence-corrected chi connectivity index (χ0v) is 15.8. The molecule has 1 N–H and O–H groups in total. The molecule has 0 unspecified atom stereocenters. The van der Waals surface area contributed by atoms with Gasteiger partial charge in [-0.2, -0.15) is 12.2 Å². The van der Waals surface area contributed by atoms with Crippen molar-refractivity contribution < 1.29 is 56.1 Å². The summed E-state index contributed by atoms with van der Waals surface area (Å²) >= 11 is 0. The van der Waals surface area contributed by atoms with Crippen LogP contribution in [0.5, 0.6) is 0 Å². The third-order valence-electron chi connectivity index (χ3n) is 0.911. The summed E-state index contributed by atoms with van der Waals surface area (Å²) in [5.41, 5.74) is 0. The maximum Gasteiger partial charge on any atom is 4.00 e. The smallest absolute Gasteiger partial charge is 1.00 e. The fourth-order valence-electron chi connectivity index (χ4n) is 0.385. The van der Waals surface area contributed by atoms with Crippen LogP contribution in [0.15, 0.2) is 36.5 Å². The molecule has 18 heavy (non-hydrogen) atoms. The van der Waals surface area contributed by atoms with Crippen molar-refractivity contribution in [1.29, 1.82) is 0 Å². The summed E-state index contributed by atoms with van der Waals surface area (Å²) in [6.07, 6.45) is 17.3. The third-order valence-corrected chi connectivity index (χ3v) is 0.911. The molecule has 0 fully saturated rings. The van der Waals surface area contributed by atoms with Crippen molar-refractivity contribution in [1.82, 2.24) is 0 Å². The van der Waals surface area contributed by atoms with Crippen LogP contribution in [0.1, 0.15) is 34.6 Å². The van der Waals surface area contributed by atoms with Gasteiger partial charge in [0.15, 0.2) is 0 Å². The van der Waals surface area contributed by atoms with Crippen LogP contribution in [-0.4, -0.2) is 11.7 Å². The van der Waals surface area contributed by atoms with Gasteiger partial charge in [0.25, 0.3) is 0 Å². The molecule has 0 aromatic heterocycles. The minimum absolute atomic E-state index is 0. The Bertz CT molecular complexity index is 148. The van der Waals surface area contributed by atoms with Crippen LogP contribution in [0.25, 0.3) is 0 Å². The van der Waals surface area contributed by atoms with Crippen molar-refractivity contribution >= 4 is 0 Å². The molecule has 4 heteroatoms. The topological polar surface area (TPSA) is 20.2 Å². The van der Waals surface area contributed by atoms with E-state index in [0.717, 1.165) is 0 Å². The molecule has 0 radical (unpaired) electrons. The minimum Gasteiger partial charge on any atom is -1.00 e. The van der Waals surface area contributed by atoms with Crippen LogP contribution in [0, 0.1) is 12.2 Å². The summed E-state index contributed by atoms with van der Waals surface area (Å²) in [5.74, 6) is 0. The van der Waals surface area contributed by atoms with Gasteiger partial charge in [-0.3, -0.25) is 12.2 Å². The molecule has 0 aromatic carbocycles. The summed E-state index contributed by atoms with van der Waals surface area (Å²) < 4.78 is 0. The molecule has 0 bridgehead atoms. The number of halogens is 2. The quantitative estimate of drug-likeness (QED) is 0.436. The number of hydrogen-bond donors (Lipinski definition) is 1. The maximum absolute atomic E-state index is 7.57. The molecule has 0 atom stereocenters. The van der Waals surface area contributed by atoms with Gasteiger partial charge in [-0.15, -0.1) is 13.8 Å². The van der Waals surface area contributed by atoms with E-state index in [1.165, 1.54) is 0 Å². The van der Waals surface area contributed by atoms with E-state index < -0.39 is 0 Å². The van der Waals surface area contributed by atoms with Crippen molar-refractivity contribution in [2.45, 2.75) is 34.6 Å². The van der Waals surface area contributed by atoms with Crippen molar-refractivity contribution in [2.75, 3.05) is 6.61 Å². The molecular weight excluding hydrogens is 346 g/mol. The first-order valence-electron chi connectivity index (χ1n) is 5.09. The zero-order valence-electron chi connectivity index (χ0n) is 11.9. The fourth-order valence-corrected chi connectivity index (χ4v) is 0.385. The fraction of sp³-hybridized carbons (Fsp3) is 0.429. The predicted molar refractivity (Wildman–Crippen MR) is 69.4 cm³/mol. The molecule has 104 valence electrons. The Hall–Kier alpha value is 0.383. The van der Waals surface area contributed by atoms with E-state index in [-0.39, 0.29) is 57.6 Å². The molecule has 0 aliphatic heterocycles. The Kier molecular flexibility index (Phi) is 107. The molecule has 0 amide bonds. The summed E-state index contributed by atoms with van der Waals surface area (Å²) in [7, 11) is 0. The van der Waals surface area contributed by atoms with Gasteiger partial charge in [0.05, 0.1) is 0 Å². The molecular formula is C14H24Cl2OZr. The van der Waals surface area contributed by atoms with Crippen LogP contribution >= 0.6 is 0 Å². The molecule has 0 aromatic rings. The van der Waals surface area contributed by atoms with Gasteiger partial charge in [0.2, 0.25) is 0 Å². The monoisotopic (exact) mass is 368 g/mol. The van der Waals surface area contributed by atoms with Crippen LogP contribution in [-0.2, 0) is 26.2 Å². The second kappa shape index (κ2) is 53.0. The third kappa shape index (κ3) is 95.2. The first kappa shape index (κ1) is 36.2. The molecule has 0 heterocycles. The van der Waals surface area contributed by atoms with Gasteiger partial charge in [-0.05, 0) is 6.92 Å². The number of rotatable bonds is 2. The molecule has 0 spiro atoms. The number of aliphatic hydroxyl groups excluding tert-OH is 1. The van der Waals surface area contributed by atoms with Crippen molar-refractivity contribution in [3.63, 3.8) is 0 Å². The average molecular weight is 370 g/mol. The first-order valence-corrected chi connectivity index (χ1v) is 5.09. The summed E-state index contributed by atoms with van der Waals surface area (Å²) in [5, 5.41) is 7.57. The first-order chi connectivity index (χ1) is 7.24. The van der Waals surface area contributed by atoms with E-state index in [9.17, 15) is 0 Å². The number of hydrogen-bond acceptors (Lipinski definition) is 1. The number of allylic oxidation sites excluding steroid dienone is 8. The Morgan fingerprint density at radius 1 is 0.889 bits per heavy atom. The van der Waals surface area contributed by atoms with Gasteiger partial charge >= 0.3 is 26.2 Å². The Balaban J connectivity index is -0.0000000290. The number of aliphatic hydroxyl groups is 1. The SMILES string of the molecule is CCO.C[C-]=CC=CC.C[C-]=CC=CC.[Cl-].[Cl-].[Zr+4]. The van der Waals surface area contributed by atoms with Gasteiger partial charge < -0.3 is 29.9 Å². The summed E-state index contributed by atoms with van der Waals surface area (Å²) in [4.78, 5) is 0. The Morgan fingerprint density at radius 3 is 1.17 bits per heavy atom. The standard InChI is InChI=1S/2C6H9.C2H6O.2ClH.Zr/c2*1-3-5-6-4-2;1-2-3;;;/h2*3,5-6H,1-2H3;3H,2H2,1H3;2*1H;/q2*-1;;;;+4/p-2. The summed E-state index contributed by atoms with van der Waals surface area (Å²) in [6.45, 7) is 9.64. The second-order valence-corrected chi connectivity index (χ2v) is 2.28. The van der Waals surface area contributed by atoms with Crippen LogP contribution in [0.3, 0.4) is 0 Å². The Labute approximate surface area is 145 Å². The van der Waals surface area contributed by atoms with Gasteiger partial charge in [0.1, 0.15) is 0 Å². The molecule has 0 saturated carbocycles. The van der Waals surface area contributed by atoms with Crippen LogP contribution in [0.2, 0.25) is 0 Å². The Morgan fingerprint density at radius 2 is 1.11 bits per heavy atom. The maximum atomic E-state index is 7.57. The molecule has 0 aliphatic carbocycles. The van der Waals surface area contributed by atoms with Crippen molar-refractivity contribution in [3.8, 4) is 0 Å². The molecule has 1 nitrogen and oxygen atoms in total. The van der Waals surface area contributed by atoms with Crippen LogP contribution in [0.4, 0.5) is 0 Å². The van der Waals surface area contributed by atoms with Gasteiger partial charge in [-0.25, -0.2) is 24.3 Å². The average Bonchev–Trinajstić information content (AvgIpc) is 2.25. The van der Waals surface area contributed by atoms with E-state index in [0.29, 0.717) is 0 Å². The normalized spacial score (nSPS) is 8.78. The van der Waals surface area contributed by atoms with E-state index in [1.807, 2.05) is 64.2 Å². The predicted octanol–water partition coefficient (Wildman–Crippen LogP) is -2.11. The molecule has 0 aliphatic rings. The van der Waals surface area contributed by atoms with E-state index in [2.05, 4.69) is 12.2 Å². The zero-order chi connectivity index (χ0) is 12.4. The molecule has 0 rings (SSSR count). The van der Waals surface area contributed by atoms with E-state index >= 15 is 0 Å². The van der Waals surface area contributed by atoms with E-state index in [1.54, 1.807) is 6.92 Å². The molecule has 0 saturated heterocycles. The van der Waals surface area contributed by atoms with Gasteiger partial charge in [0, 0.05) is 6.61 Å². The second-order valence-electron chi connectivity index (χ2n) is 2.28. The van der Waals surface area contributed by atoms with Gasteiger partial charge in [-0.1, -0.05) is 13.8 Å².